The number of nitrogens with one attached hydrogen (secondary N) is 1. The summed E-state index contributed by atoms with van der Waals surface area (Å²) in [7, 11) is 0. The van der Waals surface area contributed by atoms with Crippen molar-refractivity contribution in [3.8, 4) is 0 Å². The second-order valence-corrected chi connectivity index (χ2v) is 4.75. The maximum atomic E-state index is 12.0. The smallest absolute Gasteiger partial charge is 0.271 e. The van der Waals surface area contributed by atoms with Gasteiger partial charge in [0.1, 0.15) is 11.5 Å². The summed E-state index contributed by atoms with van der Waals surface area (Å²) in [5.74, 6) is 0.918. The van der Waals surface area contributed by atoms with Gasteiger partial charge < -0.3 is 9.88 Å². The normalized spacial score (nSPS) is 17.8. The minimum absolute atomic E-state index is 0.123. The molecule has 1 aliphatic rings. The van der Waals surface area contributed by atoms with Crippen LogP contribution in [-0.4, -0.2) is 31.5 Å². The molecule has 2 aromatic rings. The van der Waals surface area contributed by atoms with E-state index >= 15 is 0 Å². The Hall–Kier alpha value is -2.24. The summed E-state index contributed by atoms with van der Waals surface area (Å²) < 4.78 is 2.08. The minimum atomic E-state index is -0.166. The van der Waals surface area contributed by atoms with Gasteiger partial charge in [0.15, 0.2) is 0 Å². The molecule has 0 radical (unpaired) electrons. The Morgan fingerprint density at radius 2 is 2.26 bits per heavy atom. The molecular weight excluding hydrogens is 242 g/mol. The van der Waals surface area contributed by atoms with E-state index in [0.29, 0.717) is 5.69 Å². The standard InChI is InChI=1S/C13H15N5O/c1-9-6-16-11(7-15-9)13(19)17-10-2-3-12-14-4-5-18(12)8-10/h4-7,10H,2-3,8H2,1H3,(H,17,19). The van der Waals surface area contributed by atoms with Crippen LogP contribution >= 0.6 is 0 Å². The van der Waals surface area contributed by atoms with Crippen molar-refractivity contribution in [3.63, 3.8) is 0 Å². The highest BCUT2D eigenvalue weighted by Gasteiger charge is 2.21. The number of aromatic nitrogens is 4. The molecule has 0 saturated heterocycles. The van der Waals surface area contributed by atoms with Crippen LogP contribution in [-0.2, 0) is 13.0 Å². The van der Waals surface area contributed by atoms with Crippen LogP contribution < -0.4 is 5.32 Å². The fraction of sp³-hybridized carbons (Fsp3) is 0.385. The van der Waals surface area contributed by atoms with Crippen molar-refractivity contribution in [2.24, 2.45) is 0 Å². The lowest BCUT2D eigenvalue weighted by Crippen LogP contribution is -2.41. The van der Waals surface area contributed by atoms with Crippen LogP contribution in [0.25, 0.3) is 0 Å². The highest BCUT2D eigenvalue weighted by Crippen LogP contribution is 2.13. The first-order valence-corrected chi connectivity index (χ1v) is 6.32. The number of aryl methyl sites for hydroxylation is 2. The average molecular weight is 257 g/mol. The number of fused-ring (bicyclic) bond motifs is 1. The van der Waals surface area contributed by atoms with Crippen molar-refractivity contribution in [2.75, 3.05) is 0 Å². The van der Waals surface area contributed by atoms with Gasteiger partial charge in [0.25, 0.3) is 5.91 Å². The Morgan fingerprint density at radius 3 is 3.05 bits per heavy atom. The highest BCUT2D eigenvalue weighted by atomic mass is 16.1. The molecule has 1 amide bonds. The Balaban J connectivity index is 1.66. The Kier molecular flexibility index (Phi) is 2.98. The third kappa shape index (κ3) is 2.47. The highest BCUT2D eigenvalue weighted by molar-refractivity contribution is 5.92. The molecule has 0 saturated carbocycles. The van der Waals surface area contributed by atoms with E-state index in [2.05, 4.69) is 24.8 Å². The fourth-order valence-corrected chi connectivity index (χ4v) is 2.25. The summed E-state index contributed by atoms with van der Waals surface area (Å²) in [6.45, 7) is 2.61. The van der Waals surface area contributed by atoms with Crippen LogP contribution in [0.2, 0.25) is 0 Å². The first-order chi connectivity index (χ1) is 9.22. The molecule has 0 aromatic carbocycles. The summed E-state index contributed by atoms with van der Waals surface area (Å²) >= 11 is 0. The van der Waals surface area contributed by atoms with E-state index in [9.17, 15) is 4.79 Å². The number of hydrogen-bond donors (Lipinski definition) is 1. The van der Waals surface area contributed by atoms with Gasteiger partial charge >= 0.3 is 0 Å². The van der Waals surface area contributed by atoms with Crippen molar-refractivity contribution in [1.82, 2.24) is 24.8 Å². The van der Waals surface area contributed by atoms with Crippen LogP contribution in [0.15, 0.2) is 24.8 Å². The van der Waals surface area contributed by atoms with Crippen molar-refractivity contribution in [3.05, 3.63) is 42.0 Å². The van der Waals surface area contributed by atoms with Crippen molar-refractivity contribution in [2.45, 2.75) is 32.4 Å². The van der Waals surface area contributed by atoms with Gasteiger partial charge in [-0.3, -0.25) is 9.78 Å². The zero-order chi connectivity index (χ0) is 13.2. The molecule has 3 heterocycles. The lowest BCUT2D eigenvalue weighted by atomic mass is 10.1. The van der Waals surface area contributed by atoms with E-state index in [1.165, 1.54) is 6.20 Å². The number of carbonyl (C=O) groups is 1. The van der Waals surface area contributed by atoms with Gasteiger partial charge in [-0.2, -0.15) is 0 Å². The zero-order valence-electron chi connectivity index (χ0n) is 10.7. The van der Waals surface area contributed by atoms with Crippen molar-refractivity contribution >= 4 is 5.91 Å². The van der Waals surface area contributed by atoms with Gasteiger partial charge in [0.05, 0.1) is 11.9 Å². The number of imidazole rings is 1. The Morgan fingerprint density at radius 1 is 1.37 bits per heavy atom. The Labute approximate surface area is 110 Å². The van der Waals surface area contributed by atoms with E-state index < -0.39 is 0 Å². The van der Waals surface area contributed by atoms with Crippen molar-refractivity contribution < 1.29 is 4.79 Å². The van der Waals surface area contributed by atoms with Gasteiger partial charge in [0.2, 0.25) is 0 Å². The number of hydrogen-bond acceptors (Lipinski definition) is 4. The predicted molar refractivity (Wildman–Crippen MR) is 68.6 cm³/mol. The zero-order valence-corrected chi connectivity index (χ0v) is 10.7. The Bertz CT molecular complexity index is 589. The molecule has 0 aliphatic carbocycles. The number of rotatable bonds is 2. The summed E-state index contributed by atoms with van der Waals surface area (Å²) in [6.07, 6.45) is 8.64. The van der Waals surface area contributed by atoms with Gasteiger partial charge in [0, 0.05) is 37.6 Å². The molecule has 2 aromatic heterocycles. The lowest BCUT2D eigenvalue weighted by molar-refractivity contribution is 0.0922. The SMILES string of the molecule is Cc1cnc(C(=O)NC2CCc3nccn3C2)cn1. The first-order valence-electron chi connectivity index (χ1n) is 6.32. The predicted octanol–water partition coefficient (Wildman–Crippen LogP) is 0.726. The summed E-state index contributed by atoms with van der Waals surface area (Å²) in [6, 6.07) is 0.123. The van der Waals surface area contributed by atoms with Crippen molar-refractivity contribution in [1.29, 1.82) is 0 Å². The molecule has 98 valence electrons. The summed E-state index contributed by atoms with van der Waals surface area (Å²) in [4.78, 5) is 24.5. The van der Waals surface area contributed by atoms with Crippen LogP contribution in [0.1, 0.15) is 28.4 Å². The quantitative estimate of drug-likeness (QED) is 0.860. The van der Waals surface area contributed by atoms with Crippen LogP contribution in [0.3, 0.4) is 0 Å². The van der Waals surface area contributed by atoms with Crippen LogP contribution in [0, 0.1) is 6.92 Å². The largest absolute Gasteiger partial charge is 0.346 e. The number of amides is 1. The van der Waals surface area contributed by atoms with Gasteiger partial charge in [-0.1, -0.05) is 0 Å². The molecule has 19 heavy (non-hydrogen) atoms. The third-order valence-corrected chi connectivity index (χ3v) is 3.28. The van der Waals surface area contributed by atoms with E-state index in [0.717, 1.165) is 30.9 Å². The summed E-state index contributed by atoms with van der Waals surface area (Å²) in [5, 5.41) is 3.00. The maximum absolute atomic E-state index is 12.0. The second kappa shape index (κ2) is 4.79. The van der Waals surface area contributed by atoms with E-state index in [4.69, 9.17) is 0 Å². The molecule has 1 atom stereocenters. The average Bonchev–Trinajstić information content (AvgIpc) is 2.87. The molecule has 0 spiro atoms. The fourth-order valence-electron chi connectivity index (χ4n) is 2.25. The molecule has 6 heteroatoms. The number of carbonyl (C=O) groups excluding carboxylic acids is 1. The maximum Gasteiger partial charge on any atom is 0.271 e. The van der Waals surface area contributed by atoms with Gasteiger partial charge in [-0.15, -0.1) is 0 Å². The molecule has 6 nitrogen and oxygen atoms in total. The monoisotopic (exact) mass is 257 g/mol. The van der Waals surface area contributed by atoms with Crippen LogP contribution in [0.4, 0.5) is 0 Å². The molecule has 1 unspecified atom stereocenters. The molecule has 0 fully saturated rings. The van der Waals surface area contributed by atoms with Gasteiger partial charge in [-0.25, -0.2) is 9.97 Å². The minimum Gasteiger partial charge on any atom is -0.346 e. The summed E-state index contributed by atoms with van der Waals surface area (Å²) in [5.41, 5.74) is 1.17. The second-order valence-electron chi connectivity index (χ2n) is 4.75. The van der Waals surface area contributed by atoms with E-state index in [-0.39, 0.29) is 11.9 Å². The molecular formula is C13H15N5O. The lowest BCUT2D eigenvalue weighted by Gasteiger charge is -2.24. The topological polar surface area (TPSA) is 72.7 Å². The van der Waals surface area contributed by atoms with E-state index in [1.54, 1.807) is 12.4 Å². The molecule has 1 aliphatic heterocycles. The first kappa shape index (κ1) is 11.8. The molecule has 3 rings (SSSR count). The third-order valence-electron chi connectivity index (χ3n) is 3.28. The number of nitrogens with zero attached hydrogens (tertiary/aromatic N) is 4. The van der Waals surface area contributed by atoms with Crippen LogP contribution in [0.5, 0.6) is 0 Å². The molecule has 0 bridgehead atoms. The van der Waals surface area contributed by atoms with E-state index in [1.807, 2.05) is 13.1 Å². The molecule has 1 N–H and O–H groups in total. The van der Waals surface area contributed by atoms with Gasteiger partial charge in [-0.05, 0) is 13.3 Å².